The Kier molecular flexibility index (Phi) is 7.50. The molecule has 0 spiro atoms. The third-order valence-electron chi connectivity index (χ3n) is 8.33. The number of fused-ring (bicyclic) bond motifs is 2. The van der Waals surface area contributed by atoms with Gasteiger partial charge in [-0.1, -0.05) is 6.07 Å². The largest absolute Gasteiger partial charge is 0.465 e. The Morgan fingerprint density at radius 3 is 2.52 bits per heavy atom. The molecule has 4 heterocycles. The summed E-state index contributed by atoms with van der Waals surface area (Å²) in [6.07, 6.45) is 2.41. The predicted octanol–water partition coefficient (Wildman–Crippen LogP) is 6.56. The van der Waals surface area contributed by atoms with E-state index in [1.165, 1.54) is 25.3 Å². The quantitative estimate of drug-likeness (QED) is 0.179. The average Bonchev–Trinajstić information content (AvgIpc) is 3.60. The van der Waals surface area contributed by atoms with Crippen molar-refractivity contribution >= 4 is 28.0 Å². The van der Waals surface area contributed by atoms with Crippen LogP contribution in [0.3, 0.4) is 0 Å². The molecule has 0 N–H and O–H groups in total. The fraction of sp³-hybridized carbons (Fsp3) is 0.200. The maximum absolute atomic E-state index is 15.7. The molecular weight excluding hydrogens is 595 g/mol. The molecule has 0 amide bonds. The minimum Gasteiger partial charge on any atom is -0.465 e. The van der Waals surface area contributed by atoms with Gasteiger partial charge in [0.15, 0.2) is 0 Å². The van der Waals surface area contributed by atoms with Crippen molar-refractivity contribution in [3.8, 4) is 17.3 Å². The number of rotatable bonds is 8. The molecular formula is C35H26F3N5O3. The van der Waals surface area contributed by atoms with Gasteiger partial charge in [-0.15, -0.1) is 0 Å². The molecule has 8 nitrogen and oxygen atoms in total. The molecule has 1 saturated heterocycles. The van der Waals surface area contributed by atoms with Crippen molar-refractivity contribution in [1.29, 1.82) is 5.26 Å². The number of nitrogens with zero attached hydrogens (tertiary/aromatic N) is 5. The monoisotopic (exact) mass is 621 g/mol. The number of methoxy groups -OCH3 is 1. The van der Waals surface area contributed by atoms with Crippen molar-refractivity contribution in [2.24, 2.45) is 0 Å². The molecule has 1 fully saturated rings. The maximum Gasteiger partial charge on any atom is 0.337 e. The van der Waals surface area contributed by atoms with Crippen molar-refractivity contribution in [1.82, 2.24) is 19.1 Å². The maximum atomic E-state index is 15.7. The number of nitriles is 1. The molecule has 6 aromatic rings. The highest BCUT2D eigenvalue weighted by molar-refractivity contribution is 5.93. The molecule has 7 rings (SSSR count). The molecule has 11 heteroatoms. The van der Waals surface area contributed by atoms with Crippen LogP contribution in [0.2, 0.25) is 0 Å². The average molecular weight is 622 g/mol. The van der Waals surface area contributed by atoms with Gasteiger partial charge in [0.1, 0.15) is 28.9 Å². The topological polar surface area (TPSA) is 95.0 Å². The van der Waals surface area contributed by atoms with E-state index in [9.17, 15) is 9.18 Å². The van der Waals surface area contributed by atoms with Crippen molar-refractivity contribution in [2.45, 2.75) is 32.0 Å². The van der Waals surface area contributed by atoms with Crippen LogP contribution >= 0.6 is 0 Å². The highest BCUT2D eigenvalue weighted by Gasteiger charge is 2.24. The SMILES string of the molecule is COC(=O)c1ccc2nc(Cc3c(F)cc(-c4ccc5ccn(Cc6ccc(C#N)cc6F)c5n4)cc3F)n(C[C@@H]3CCO3)c2c1. The second-order valence-corrected chi connectivity index (χ2v) is 11.2. The van der Waals surface area contributed by atoms with E-state index in [-0.39, 0.29) is 35.8 Å². The van der Waals surface area contributed by atoms with Crippen LogP contribution in [-0.4, -0.2) is 44.9 Å². The first-order valence-corrected chi connectivity index (χ1v) is 14.6. The smallest absolute Gasteiger partial charge is 0.337 e. The van der Waals surface area contributed by atoms with Crippen LogP contribution in [0.25, 0.3) is 33.3 Å². The lowest BCUT2D eigenvalue weighted by Gasteiger charge is -2.27. The van der Waals surface area contributed by atoms with E-state index in [0.717, 1.165) is 11.8 Å². The zero-order valence-electron chi connectivity index (χ0n) is 24.6. The number of pyridine rings is 1. The van der Waals surface area contributed by atoms with E-state index >= 15 is 8.78 Å². The van der Waals surface area contributed by atoms with Gasteiger partial charge >= 0.3 is 5.97 Å². The molecule has 3 aromatic heterocycles. The molecule has 0 radical (unpaired) electrons. The molecule has 0 unspecified atom stereocenters. The lowest BCUT2D eigenvalue weighted by atomic mass is 10.0. The first-order chi connectivity index (χ1) is 22.3. The Morgan fingerprint density at radius 2 is 1.83 bits per heavy atom. The molecule has 1 aliphatic heterocycles. The lowest BCUT2D eigenvalue weighted by Crippen LogP contribution is -2.31. The summed E-state index contributed by atoms with van der Waals surface area (Å²) in [5.74, 6) is -2.06. The summed E-state index contributed by atoms with van der Waals surface area (Å²) in [5.41, 5.74) is 3.14. The molecule has 0 aliphatic carbocycles. The number of benzene rings is 3. The van der Waals surface area contributed by atoms with Crippen LogP contribution in [0.4, 0.5) is 13.2 Å². The number of carbonyl (C=O) groups excluding carboxylic acids is 1. The summed E-state index contributed by atoms with van der Waals surface area (Å²) in [6.45, 7) is 1.22. The van der Waals surface area contributed by atoms with Gasteiger partial charge in [-0.2, -0.15) is 5.26 Å². The van der Waals surface area contributed by atoms with Crippen molar-refractivity contribution < 1.29 is 27.4 Å². The number of ether oxygens (including phenoxy) is 2. The first kappa shape index (κ1) is 29.3. The van der Waals surface area contributed by atoms with Crippen LogP contribution in [0, 0.1) is 28.8 Å². The fourth-order valence-electron chi connectivity index (χ4n) is 5.74. The van der Waals surface area contributed by atoms with E-state index in [0.29, 0.717) is 52.5 Å². The number of imidazole rings is 1. The summed E-state index contributed by atoms with van der Waals surface area (Å²) < 4.78 is 60.0. The van der Waals surface area contributed by atoms with E-state index in [1.807, 2.05) is 16.7 Å². The van der Waals surface area contributed by atoms with Gasteiger partial charge in [-0.25, -0.2) is 27.9 Å². The van der Waals surface area contributed by atoms with Crippen molar-refractivity contribution in [2.75, 3.05) is 13.7 Å². The van der Waals surface area contributed by atoms with Crippen LogP contribution in [-0.2, 0) is 29.0 Å². The van der Waals surface area contributed by atoms with Gasteiger partial charge in [0.25, 0.3) is 0 Å². The molecule has 0 bridgehead atoms. The van der Waals surface area contributed by atoms with Gasteiger partial charge in [-0.05, 0) is 67.1 Å². The summed E-state index contributed by atoms with van der Waals surface area (Å²) >= 11 is 0. The molecule has 0 saturated carbocycles. The van der Waals surface area contributed by atoms with Crippen LogP contribution in [0.5, 0.6) is 0 Å². The standard InChI is InChI=1S/C35H26F3N5O3/c1-45-35(44)22-5-7-31-32(15-22)43(19-25-9-11-46-25)33(40-31)16-26-28(37)13-24(14-29(26)38)30-6-4-21-8-10-42(34(21)41-30)18-23-3-2-20(17-39)12-27(23)36/h2-8,10,12-15,25H,9,11,16,18-19H2,1H3/t25-/m0/s1. The minimum atomic E-state index is -0.749. The van der Waals surface area contributed by atoms with Gasteiger partial charge in [0.05, 0.1) is 60.2 Å². The van der Waals surface area contributed by atoms with Gasteiger partial charge in [0.2, 0.25) is 0 Å². The second kappa shape index (κ2) is 11.8. The second-order valence-electron chi connectivity index (χ2n) is 11.2. The first-order valence-electron chi connectivity index (χ1n) is 14.6. The Hall–Kier alpha value is -5.47. The lowest BCUT2D eigenvalue weighted by molar-refractivity contribution is -0.0589. The van der Waals surface area contributed by atoms with Gasteiger partial charge in [0, 0.05) is 41.3 Å². The Morgan fingerprint density at radius 1 is 1.02 bits per heavy atom. The van der Waals surface area contributed by atoms with Crippen LogP contribution in [0.1, 0.15) is 39.3 Å². The van der Waals surface area contributed by atoms with Crippen LogP contribution in [0.15, 0.2) is 72.9 Å². The molecule has 1 atom stereocenters. The van der Waals surface area contributed by atoms with E-state index < -0.39 is 23.4 Å². The predicted molar refractivity (Wildman–Crippen MR) is 164 cm³/mol. The van der Waals surface area contributed by atoms with Crippen molar-refractivity contribution in [3.63, 3.8) is 0 Å². The van der Waals surface area contributed by atoms with Gasteiger partial charge in [-0.3, -0.25) is 0 Å². The summed E-state index contributed by atoms with van der Waals surface area (Å²) in [5, 5.41) is 9.81. The number of hydrogen-bond acceptors (Lipinski definition) is 6. The number of halogens is 3. The summed E-state index contributed by atoms with van der Waals surface area (Å²) in [7, 11) is 1.30. The third-order valence-corrected chi connectivity index (χ3v) is 8.33. The van der Waals surface area contributed by atoms with E-state index in [2.05, 4.69) is 9.97 Å². The van der Waals surface area contributed by atoms with E-state index in [4.69, 9.17) is 14.7 Å². The minimum absolute atomic E-state index is 0.0663. The van der Waals surface area contributed by atoms with Crippen molar-refractivity contribution in [3.05, 3.63) is 118 Å². The zero-order chi connectivity index (χ0) is 31.9. The Labute approximate surface area is 261 Å². The highest BCUT2D eigenvalue weighted by Crippen LogP contribution is 2.29. The number of carbonyl (C=O) groups is 1. The molecule has 1 aliphatic rings. The third kappa shape index (κ3) is 5.37. The normalized spacial score (nSPS) is 14.4. The van der Waals surface area contributed by atoms with E-state index in [1.54, 1.807) is 53.2 Å². The number of hydrogen-bond donors (Lipinski definition) is 0. The van der Waals surface area contributed by atoms with Crippen LogP contribution < -0.4 is 0 Å². The highest BCUT2D eigenvalue weighted by atomic mass is 19.1. The zero-order valence-corrected chi connectivity index (χ0v) is 24.6. The number of aromatic nitrogens is 4. The number of esters is 1. The Balaban J connectivity index is 1.21. The van der Waals surface area contributed by atoms with Gasteiger partial charge < -0.3 is 18.6 Å². The molecule has 46 heavy (non-hydrogen) atoms. The summed E-state index contributed by atoms with van der Waals surface area (Å²) in [4.78, 5) is 21.5. The fourth-order valence-corrected chi connectivity index (χ4v) is 5.74. The Bertz CT molecular complexity index is 2170. The summed E-state index contributed by atoms with van der Waals surface area (Å²) in [6, 6.07) is 19.0. The molecule has 230 valence electrons. The molecule has 3 aromatic carbocycles.